The molecule has 112 valence electrons. The average molecular weight is 299 g/mol. The van der Waals surface area contributed by atoms with Crippen molar-refractivity contribution in [2.75, 3.05) is 0 Å². The van der Waals surface area contributed by atoms with E-state index in [0.29, 0.717) is 6.54 Å². The van der Waals surface area contributed by atoms with Crippen molar-refractivity contribution in [2.45, 2.75) is 13.5 Å². The van der Waals surface area contributed by atoms with Crippen molar-refractivity contribution >= 4 is 11.0 Å². The quantitative estimate of drug-likeness (QED) is 0.559. The maximum Gasteiger partial charge on any atom is 0.113 e. The monoisotopic (exact) mass is 299 g/mol. The molecule has 4 aromatic rings. The van der Waals surface area contributed by atoms with Gasteiger partial charge in [0.2, 0.25) is 0 Å². The Morgan fingerprint density at radius 2 is 1.61 bits per heavy atom. The Kier molecular flexibility index (Phi) is 3.39. The van der Waals surface area contributed by atoms with Gasteiger partial charge in [0, 0.05) is 0 Å². The topological polar surface area (TPSA) is 30.7 Å². The van der Waals surface area contributed by atoms with E-state index in [9.17, 15) is 0 Å². The van der Waals surface area contributed by atoms with Crippen molar-refractivity contribution in [3.63, 3.8) is 0 Å². The molecule has 0 fully saturated rings. The number of nitrogens with zero attached hydrogens (tertiary/aromatic N) is 3. The summed E-state index contributed by atoms with van der Waals surface area (Å²) in [6.07, 6.45) is 0. The van der Waals surface area contributed by atoms with E-state index in [2.05, 4.69) is 65.8 Å². The third-order valence-corrected chi connectivity index (χ3v) is 4.16. The lowest BCUT2D eigenvalue weighted by atomic mass is 9.95. The van der Waals surface area contributed by atoms with E-state index in [1.165, 1.54) is 22.3 Å². The average Bonchev–Trinajstić information content (AvgIpc) is 2.99. The van der Waals surface area contributed by atoms with Gasteiger partial charge in [-0.05, 0) is 41.3 Å². The summed E-state index contributed by atoms with van der Waals surface area (Å²) >= 11 is 0. The molecule has 4 rings (SSSR count). The predicted octanol–water partition coefficient (Wildman–Crippen LogP) is 4.46. The molecule has 0 atom stereocenters. The van der Waals surface area contributed by atoms with Crippen LogP contribution < -0.4 is 0 Å². The molecule has 0 aliphatic heterocycles. The summed E-state index contributed by atoms with van der Waals surface area (Å²) in [5, 5.41) is 8.57. The third kappa shape index (κ3) is 2.50. The van der Waals surface area contributed by atoms with Crippen LogP contribution in [0.5, 0.6) is 0 Å². The second kappa shape index (κ2) is 5.69. The van der Waals surface area contributed by atoms with Crippen molar-refractivity contribution < 1.29 is 0 Å². The molecule has 1 aromatic heterocycles. The molecule has 0 aliphatic rings. The minimum atomic E-state index is 0.715. The molecule has 0 N–H and O–H groups in total. The van der Waals surface area contributed by atoms with Crippen LogP contribution in [0.3, 0.4) is 0 Å². The summed E-state index contributed by atoms with van der Waals surface area (Å²) in [6.45, 7) is 2.87. The van der Waals surface area contributed by atoms with Crippen LogP contribution in [-0.2, 0) is 6.54 Å². The van der Waals surface area contributed by atoms with Gasteiger partial charge in [-0.2, -0.15) is 0 Å². The lowest BCUT2D eigenvalue weighted by molar-refractivity contribution is 0.670. The molecule has 0 aliphatic carbocycles. The minimum Gasteiger partial charge on any atom is -0.240 e. The van der Waals surface area contributed by atoms with Gasteiger partial charge in [0.1, 0.15) is 5.52 Å². The molecule has 0 spiro atoms. The molecule has 3 nitrogen and oxygen atoms in total. The summed E-state index contributed by atoms with van der Waals surface area (Å²) in [6, 6.07) is 25.0. The van der Waals surface area contributed by atoms with Gasteiger partial charge in [-0.3, -0.25) is 0 Å². The first kappa shape index (κ1) is 13.7. The van der Waals surface area contributed by atoms with Gasteiger partial charge in [-0.1, -0.05) is 65.9 Å². The first-order valence-corrected chi connectivity index (χ1v) is 7.75. The van der Waals surface area contributed by atoms with Crippen LogP contribution in [-0.4, -0.2) is 15.0 Å². The second-order valence-electron chi connectivity index (χ2n) is 5.71. The molecule has 3 heteroatoms. The highest BCUT2D eigenvalue weighted by Gasteiger charge is 2.11. The Labute approximate surface area is 135 Å². The SMILES string of the molecule is Cc1cccc(Cn2nnc3ccccc32)c1-c1ccccc1. The van der Waals surface area contributed by atoms with E-state index < -0.39 is 0 Å². The van der Waals surface area contributed by atoms with Crippen LogP contribution in [0, 0.1) is 6.92 Å². The zero-order valence-corrected chi connectivity index (χ0v) is 13.0. The summed E-state index contributed by atoms with van der Waals surface area (Å²) in [5.74, 6) is 0. The predicted molar refractivity (Wildman–Crippen MR) is 93.2 cm³/mol. The number of benzene rings is 3. The zero-order chi connectivity index (χ0) is 15.6. The number of hydrogen-bond acceptors (Lipinski definition) is 2. The van der Waals surface area contributed by atoms with Crippen molar-refractivity contribution in [1.82, 2.24) is 15.0 Å². The number of fused-ring (bicyclic) bond motifs is 1. The molecule has 0 saturated heterocycles. The Morgan fingerprint density at radius 3 is 2.48 bits per heavy atom. The van der Waals surface area contributed by atoms with Gasteiger partial charge in [0.05, 0.1) is 12.1 Å². The first-order valence-electron chi connectivity index (χ1n) is 7.75. The van der Waals surface area contributed by atoms with Crippen molar-refractivity contribution in [1.29, 1.82) is 0 Å². The number of aromatic nitrogens is 3. The summed E-state index contributed by atoms with van der Waals surface area (Å²) in [7, 11) is 0. The fourth-order valence-corrected chi connectivity index (χ4v) is 3.07. The van der Waals surface area contributed by atoms with Crippen LogP contribution in [0.4, 0.5) is 0 Å². The minimum absolute atomic E-state index is 0.715. The molecule has 23 heavy (non-hydrogen) atoms. The van der Waals surface area contributed by atoms with Gasteiger partial charge >= 0.3 is 0 Å². The van der Waals surface area contributed by atoms with E-state index >= 15 is 0 Å². The number of para-hydroxylation sites is 1. The smallest absolute Gasteiger partial charge is 0.113 e. The van der Waals surface area contributed by atoms with E-state index in [4.69, 9.17) is 0 Å². The Morgan fingerprint density at radius 1 is 0.826 bits per heavy atom. The lowest BCUT2D eigenvalue weighted by Crippen LogP contribution is -2.04. The molecule has 0 amide bonds. The van der Waals surface area contributed by atoms with E-state index in [-0.39, 0.29) is 0 Å². The van der Waals surface area contributed by atoms with Gasteiger partial charge in [0.15, 0.2) is 0 Å². The van der Waals surface area contributed by atoms with E-state index in [0.717, 1.165) is 11.0 Å². The molecular formula is C20H17N3. The molecule has 0 bridgehead atoms. The number of hydrogen-bond donors (Lipinski definition) is 0. The van der Waals surface area contributed by atoms with Gasteiger partial charge < -0.3 is 0 Å². The number of aryl methyl sites for hydroxylation is 1. The summed E-state index contributed by atoms with van der Waals surface area (Å²) in [5.41, 5.74) is 7.05. The van der Waals surface area contributed by atoms with Crippen LogP contribution in [0.1, 0.15) is 11.1 Å². The Balaban J connectivity index is 1.82. The van der Waals surface area contributed by atoms with Gasteiger partial charge in [0.25, 0.3) is 0 Å². The molecule has 1 heterocycles. The first-order chi connectivity index (χ1) is 11.3. The summed E-state index contributed by atoms with van der Waals surface area (Å²) in [4.78, 5) is 0. The molecule has 0 saturated carbocycles. The molecule has 3 aromatic carbocycles. The van der Waals surface area contributed by atoms with Crippen molar-refractivity contribution in [2.24, 2.45) is 0 Å². The normalized spacial score (nSPS) is 11.0. The largest absolute Gasteiger partial charge is 0.240 e. The maximum atomic E-state index is 4.32. The summed E-state index contributed by atoms with van der Waals surface area (Å²) < 4.78 is 1.97. The Bertz CT molecular complexity index is 955. The highest BCUT2D eigenvalue weighted by atomic mass is 15.4. The van der Waals surface area contributed by atoms with Crippen LogP contribution in [0.15, 0.2) is 72.8 Å². The lowest BCUT2D eigenvalue weighted by Gasteiger charge is -2.13. The van der Waals surface area contributed by atoms with Crippen LogP contribution in [0.2, 0.25) is 0 Å². The molecule has 0 unspecified atom stereocenters. The fourth-order valence-electron chi connectivity index (χ4n) is 3.07. The number of rotatable bonds is 3. The highest BCUT2D eigenvalue weighted by Crippen LogP contribution is 2.28. The van der Waals surface area contributed by atoms with Crippen molar-refractivity contribution in [3.05, 3.63) is 83.9 Å². The second-order valence-corrected chi connectivity index (χ2v) is 5.71. The maximum absolute atomic E-state index is 4.32. The Hall–Kier alpha value is -2.94. The molecule has 0 radical (unpaired) electrons. The fraction of sp³-hybridized carbons (Fsp3) is 0.100. The molecular weight excluding hydrogens is 282 g/mol. The van der Waals surface area contributed by atoms with Crippen LogP contribution in [0.25, 0.3) is 22.2 Å². The van der Waals surface area contributed by atoms with Gasteiger partial charge in [-0.15, -0.1) is 5.10 Å². The van der Waals surface area contributed by atoms with E-state index in [1.807, 2.05) is 28.9 Å². The highest BCUT2D eigenvalue weighted by molar-refractivity contribution is 5.75. The zero-order valence-electron chi connectivity index (χ0n) is 13.0. The van der Waals surface area contributed by atoms with Crippen molar-refractivity contribution in [3.8, 4) is 11.1 Å². The third-order valence-electron chi connectivity index (χ3n) is 4.16. The van der Waals surface area contributed by atoms with E-state index in [1.54, 1.807) is 0 Å². The van der Waals surface area contributed by atoms with Crippen LogP contribution >= 0.6 is 0 Å². The standard InChI is InChI=1S/C20H17N3/c1-15-8-7-11-17(20(15)16-9-3-2-4-10-16)14-23-19-13-6-5-12-18(19)21-22-23/h2-13H,14H2,1H3. The van der Waals surface area contributed by atoms with Gasteiger partial charge in [-0.25, -0.2) is 4.68 Å².